The Labute approximate surface area is 122 Å². The highest BCUT2D eigenvalue weighted by Gasteiger charge is 2.34. The van der Waals surface area contributed by atoms with Crippen LogP contribution in [0.4, 0.5) is 4.79 Å². The van der Waals surface area contributed by atoms with Crippen LogP contribution in [-0.4, -0.2) is 39.8 Å². The van der Waals surface area contributed by atoms with Gasteiger partial charge in [-0.25, -0.2) is 9.59 Å². The van der Waals surface area contributed by atoms with E-state index in [1.54, 1.807) is 34.6 Å². The molecule has 0 rings (SSSR count). The quantitative estimate of drug-likeness (QED) is 0.725. The summed E-state index contributed by atoms with van der Waals surface area (Å²) in [6.07, 6.45) is 2.67. The lowest BCUT2D eigenvalue weighted by molar-refractivity contribution is -0.144. The van der Waals surface area contributed by atoms with E-state index in [9.17, 15) is 14.7 Å². The number of aliphatic carboxylic acids is 1. The molecule has 0 aromatic carbocycles. The van der Waals surface area contributed by atoms with Gasteiger partial charge in [0.05, 0.1) is 0 Å². The Balaban J connectivity index is 4.99. The van der Waals surface area contributed by atoms with Crippen LogP contribution in [0.1, 0.15) is 67.2 Å². The third-order valence-electron chi connectivity index (χ3n) is 2.86. The highest BCUT2D eigenvalue weighted by atomic mass is 16.6. The van der Waals surface area contributed by atoms with Crippen LogP contribution in [0.25, 0.3) is 0 Å². The van der Waals surface area contributed by atoms with Crippen molar-refractivity contribution >= 4 is 12.1 Å². The van der Waals surface area contributed by atoms with E-state index in [1.165, 1.54) is 4.90 Å². The Hall–Kier alpha value is -1.26. The number of nitrogens with zero attached hydrogens (tertiary/aromatic N) is 1. The fourth-order valence-corrected chi connectivity index (χ4v) is 1.98. The van der Waals surface area contributed by atoms with Crippen molar-refractivity contribution in [2.75, 3.05) is 0 Å². The summed E-state index contributed by atoms with van der Waals surface area (Å²) in [6, 6.07) is -1.04. The molecule has 0 aliphatic carbocycles. The lowest BCUT2D eigenvalue weighted by Crippen LogP contribution is -2.50. The van der Waals surface area contributed by atoms with Crippen molar-refractivity contribution in [2.45, 2.75) is 84.9 Å². The number of carboxylic acids is 1. The van der Waals surface area contributed by atoms with Gasteiger partial charge in [-0.3, -0.25) is 4.90 Å². The predicted octanol–water partition coefficient (Wildman–Crippen LogP) is 3.67. The van der Waals surface area contributed by atoms with Gasteiger partial charge in [0.25, 0.3) is 0 Å². The molecule has 0 saturated carbocycles. The number of hydrogen-bond acceptors (Lipinski definition) is 3. The van der Waals surface area contributed by atoms with Crippen LogP contribution in [0, 0.1) is 0 Å². The zero-order valence-corrected chi connectivity index (χ0v) is 13.6. The first-order valence-corrected chi connectivity index (χ1v) is 7.34. The van der Waals surface area contributed by atoms with E-state index < -0.39 is 23.7 Å². The molecule has 0 bridgehead atoms. The first-order chi connectivity index (χ1) is 9.10. The number of carbonyl (C=O) groups is 2. The van der Waals surface area contributed by atoms with Gasteiger partial charge in [-0.2, -0.15) is 0 Å². The minimum absolute atomic E-state index is 0.215. The molecule has 0 aliphatic heterocycles. The topological polar surface area (TPSA) is 66.8 Å². The fraction of sp³-hybridized carbons (Fsp3) is 0.867. The summed E-state index contributed by atoms with van der Waals surface area (Å²) in [5, 5.41) is 9.39. The van der Waals surface area contributed by atoms with Gasteiger partial charge < -0.3 is 9.84 Å². The molecule has 5 nitrogen and oxygen atoms in total. The summed E-state index contributed by atoms with van der Waals surface area (Å²) in [4.78, 5) is 25.0. The molecule has 1 unspecified atom stereocenters. The van der Waals surface area contributed by atoms with Gasteiger partial charge in [-0.1, -0.05) is 26.2 Å². The van der Waals surface area contributed by atoms with Gasteiger partial charge in [0.15, 0.2) is 0 Å². The second-order valence-electron chi connectivity index (χ2n) is 6.33. The van der Waals surface area contributed by atoms with Crippen LogP contribution < -0.4 is 0 Å². The Bertz CT molecular complexity index is 320. The van der Waals surface area contributed by atoms with E-state index in [4.69, 9.17) is 4.74 Å². The maximum absolute atomic E-state index is 12.2. The summed E-state index contributed by atoms with van der Waals surface area (Å²) >= 11 is 0. The van der Waals surface area contributed by atoms with Crippen LogP contribution in [-0.2, 0) is 9.53 Å². The molecular formula is C15H29NO4. The highest BCUT2D eigenvalue weighted by molar-refractivity contribution is 5.80. The normalized spacial score (nSPS) is 13.2. The third kappa shape index (κ3) is 6.78. The Morgan fingerprint density at radius 3 is 2.10 bits per heavy atom. The number of carboxylic acid groups (broad SMARTS) is 1. The molecule has 1 N–H and O–H groups in total. The lowest BCUT2D eigenvalue weighted by Gasteiger charge is -2.34. The second-order valence-corrected chi connectivity index (χ2v) is 6.33. The fourth-order valence-electron chi connectivity index (χ4n) is 1.98. The van der Waals surface area contributed by atoms with E-state index in [1.807, 2.05) is 0 Å². The first kappa shape index (κ1) is 18.7. The zero-order valence-electron chi connectivity index (χ0n) is 13.6. The summed E-state index contributed by atoms with van der Waals surface area (Å²) in [6.45, 7) is 11.0. The smallest absolute Gasteiger partial charge is 0.411 e. The average Bonchev–Trinajstić information content (AvgIpc) is 2.24. The van der Waals surface area contributed by atoms with E-state index in [2.05, 4.69) is 6.92 Å². The molecular weight excluding hydrogens is 258 g/mol. The molecule has 1 atom stereocenters. The van der Waals surface area contributed by atoms with E-state index in [-0.39, 0.29) is 6.04 Å². The maximum atomic E-state index is 12.2. The molecule has 0 fully saturated rings. The van der Waals surface area contributed by atoms with Crippen molar-refractivity contribution in [1.82, 2.24) is 4.90 Å². The molecule has 0 aromatic heterocycles. The lowest BCUT2D eigenvalue weighted by atomic mass is 10.1. The molecule has 0 aromatic rings. The molecule has 118 valence electrons. The summed E-state index contributed by atoms with van der Waals surface area (Å²) < 4.78 is 5.32. The zero-order chi connectivity index (χ0) is 15.9. The summed E-state index contributed by atoms with van der Waals surface area (Å²) in [5.41, 5.74) is -0.628. The van der Waals surface area contributed by atoms with Crippen molar-refractivity contribution in [3.63, 3.8) is 0 Å². The summed E-state index contributed by atoms with van der Waals surface area (Å²) in [5.74, 6) is -0.972. The van der Waals surface area contributed by atoms with Crippen LogP contribution in [0.15, 0.2) is 0 Å². The van der Waals surface area contributed by atoms with Crippen LogP contribution in [0.2, 0.25) is 0 Å². The van der Waals surface area contributed by atoms with Crippen molar-refractivity contribution < 1.29 is 19.4 Å². The molecule has 0 radical (unpaired) electrons. The van der Waals surface area contributed by atoms with Gasteiger partial charge in [0, 0.05) is 6.04 Å². The Morgan fingerprint density at radius 1 is 1.20 bits per heavy atom. The van der Waals surface area contributed by atoms with Crippen LogP contribution in [0.3, 0.4) is 0 Å². The third-order valence-corrected chi connectivity index (χ3v) is 2.86. The van der Waals surface area contributed by atoms with Gasteiger partial charge >= 0.3 is 12.1 Å². The standard InChI is InChI=1S/C15H29NO4/c1-7-8-9-10-12(13(17)18)16(11(2)3)14(19)20-15(4,5)6/h11-12H,7-10H2,1-6H3,(H,17,18). The van der Waals surface area contributed by atoms with Crippen molar-refractivity contribution in [3.8, 4) is 0 Å². The minimum Gasteiger partial charge on any atom is -0.480 e. The van der Waals surface area contributed by atoms with Crippen LogP contribution in [0.5, 0.6) is 0 Å². The monoisotopic (exact) mass is 287 g/mol. The Morgan fingerprint density at radius 2 is 1.75 bits per heavy atom. The van der Waals surface area contributed by atoms with Crippen molar-refractivity contribution in [1.29, 1.82) is 0 Å². The largest absolute Gasteiger partial charge is 0.480 e. The molecule has 1 amide bonds. The van der Waals surface area contributed by atoms with E-state index in [0.29, 0.717) is 6.42 Å². The minimum atomic E-state index is -0.972. The second kappa shape index (κ2) is 8.12. The molecule has 0 saturated heterocycles. The van der Waals surface area contributed by atoms with Gasteiger partial charge in [0.1, 0.15) is 11.6 Å². The highest BCUT2D eigenvalue weighted by Crippen LogP contribution is 2.18. The van der Waals surface area contributed by atoms with Crippen molar-refractivity contribution in [2.24, 2.45) is 0 Å². The molecule has 5 heteroatoms. The van der Waals surface area contributed by atoms with Gasteiger partial charge in [-0.15, -0.1) is 0 Å². The first-order valence-electron chi connectivity index (χ1n) is 7.34. The molecule has 0 aliphatic rings. The van der Waals surface area contributed by atoms with Crippen molar-refractivity contribution in [3.05, 3.63) is 0 Å². The number of hydrogen-bond donors (Lipinski definition) is 1. The maximum Gasteiger partial charge on any atom is 0.411 e. The van der Waals surface area contributed by atoms with Gasteiger partial charge in [0.2, 0.25) is 0 Å². The van der Waals surface area contributed by atoms with Crippen LogP contribution >= 0.6 is 0 Å². The average molecular weight is 287 g/mol. The predicted molar refractivity (Wildman–Crippen MR) is 78.8 cm³/mol. The molecule has 20 heavy (non-hydrogen) atoms. The molecule has 0 spiro atoms. The summed E-state index contributed by atoms with van der Waals surface area (Å²) in [7, 11) is 0. The van der Waals surface area contributed by atoms with Gasteiger partial charge in [-0.05, 0) is 41.0 Å². The Kier molecular flexibility index (Phi) is 7.61. The van der Waals surface area contributed by atoms with E-state index >= 15 is 0 Å². The number of unbranched alkanes of at least 4 members (excludes halogenated alkanes) is 2. The number of carbonyl (C=O) groups excluding carboxylic acids is 1. The molecule has 0 heterocycles. The van der Waals surface area contributed by atoms with E-state index in [0.717, 1.165) is 19.3 Å². The number of rotatable bonds is 7. The SMILES string of the molecule is CCCCCC(C(=O)O)N(C(=O)OC(C)(C)C)C(C)C. The number of ether oxygens (including phenoxy) is 1. The number of amides is 1.